The third-order valence-electron chi connectivity index (χ3n) is 4.46. The molecule has 164 valence electrons. The number of ether oxygens (including phenoxy) is 3. The number of carbonyl (C=O) groups excluding carboxylic acids is 2. The molecule has 1 aliphatic rings. The number of esters is 1. The summed E-state index contributed by atoms with van der Waals surface area (Å²) in [6, 6.07) is 4.81. The third-order valence-corrected chi connectivity index (χ3v) is 4.68. The minimum atomic E-state index is -0.674. The fraction of sp³-hybridized carbons (Fsp3) is 0.476. The Labute approximate surface area is 182 Å². The van der Waals surface area contributed by atoms with E-state index in [1.807, 2.05) is 13.0 Å². The van der Waals surface area contributed by atoms with Gasteiger partial charge in [0.2, 0.25) is 0 Å². The number of nitrogens with zero attached hydrogens (tertiary/aromatic N) is 1. The average Bonchev–Trinajstić information content (AvgIpc) is 2.68. The number of amides is 1. The van der Waals surface area contributed by atoms with Crippen molar-refractivity contribution in [3.63, 3.8) is 0 Å². The molecule has 0 fully saturated rings. The van der Waals surface area contributed by atoms with Crippen LogP contribution in [0.5, 0.6) is 11.5 Å². The number of rotatable bonds is 8. The zero-order chi connectivity index (χ0) is 22.4. The van der Waals surface area contributed by atoms with E-state index in [0.29, 0.717) is 34.5 Å². The Morgan fingerprint density at radius 2 is 1.90 bits per heavy atom. The zero-order valence-electron chi connectivity index (χ0n) is 18.2. The first kappa shape index (κ1) is 23.5. The SMILES string of the molecule is CCOC(=O)C1=C(C)NC(=S)N[C@H]1c1ccc(O[C@H](C)C(=O)N(C)C)c(OCC)c1. The maximum Gasteiger partial charge on any atom is 0.338 e. The van der Waals surface area contributed by atoms with E-state index in [0.717, 1.165) is 5.56 Å². The van der Waals surface area contributed by atoms with E-state index in [9.17, 15) is 9.59 Å². The molecule has 30 heavy (non-hydrogen) atoms. The van der Waals surface area contributed by atoms with E-state index >= 15 is 0 Å². The first-order valence-electron chi connectivity index (χ1n) is 9.79. The van der Waals surface area contributed by atoms with Gasteiger partial charge in [-0.15, -0.1) is 0 Å². The predicted molar refractivity (Wildman–Crippen MR) is 117 cm³/mol. The highest BCUT2D eigenvalue weighted by Crippen LogP contribution is 2.35. The quantitative estimate of drug-likeness (QED) is 0.475. The van der Waals surface area contributed by atoms with Crippen molar-refractivity contribution in [2.24, 2.45) is 0 Å². The monoisotopic (exact) mass is 435 g/mol. The Bertz CT molecular complexity index is 853. The molecule has 2 rings (SSSR count). The number of carbonyl (C=O) groups is 2. The Kier molecular flexibility index (Phi) is 8.05. The number of likely N-dealkylation sites (N-methyl/N-ethyl adjacent to an activating group) is 1. The van der Waals surface area contributed by atoms with E-state index in [1.54, 1.807) is 47.0 Å². The van der Waals surface area contributed by atoms with Crippen LogP contribution in [-0.4, -0.2) is 55.3 Å². The van der Waals surface area contributed by atoms with E-state index in [-0.39, 0.29) is 12.5 Å². The highest BCUT2D eigenvalue weighted by Gasteiger charge is 2.31. The summed E-state index contributed by atoms with van der Waals surface area (Å²) in [5.74, 6) is 0.333. The summed E-state index contributed by atoms with van der Waals surface area (Å²) in [7, 11) is 3.35. The topological polar surface area (TPSA) is 89.1 Å². The molecule has 0 saturated heterocycles. The van der Waals surface area contributed by atoms with Gasteiger partial charge >= 0.3 is 5.97 Å². The second-order valence-corrected chi connectivity index (χ2v) is 7.33. The third kappa shape index (κ3) is 5.41. The molecule has 0 unspecified atom stereocenters. The molecular weight excluding hydrogens is 406 g/mol. The number of benzene rings is 1. The first-order valence-corrected chi connectivity index (χ1v) is 10.2. The van der Waals surface area contributed by atoms with Gasteiger partial charge in [0.15, 0.2) is 22.7 Å². The summed E-state index contributed by atoms with van der Waals surface area (Å²) in [5.41, 5.74) is 1.83. The lowest BCUT2D eigenvalue weighted by molar-refractivity contribution is -0.139. The van der Waals surface area contributed by atoms with Gasteiger partial charge in [0.25, 0.3) is 5.91 Å². The Balaban J connectivity index is 2.42. The van der Waals surface area contributed by atoms with Gasteiger partial charge in [-0.05, 0) is 57.6 Å². The van der Waals surface area contributed by atoms with Crippen LogP contribution in [0, 0.1) is 0 Å². The predicted octanol–water partition coefficient (Wildman–Crippen LogP) is 2.30. The minimum Gasteiger partial charge on any atom is -0.490 e. The van der Waals surface area contributed by atoms with Gasteiger partial charge < -0.3 is 29.7 Å². The standard InChI is InChI=1S/C21H29N3O5S/c1-7-27-16-11-14(9-10-15(16)29-13(4)19(25)24(5)6)18-17(20(26)28-8-2)12(3)22-21(30)23-18/h9-11,13,18H,7-8H2,1-6H3,(H2,22,23,30)/t13-,18+/m1/s1. The largest absolute Gasteiger partial charge is 0.490 e. The van der Waals surface area contributed by atoms with Crippen molar-refractivity contribution in [3.8, 4) is 11.5 Å². The Hall–Kier alpha value is -2.81. The molecule has 1 aliphatic heterocycles. The van der Waals surface area contributed by atoms with Crippen molar-refractivity contribution in [2.45, 2.75) is 39.8 Å². The molecule has 1 aromatic carbocycles. The lowest BCUT2D eigenvalue weighted by Crippen LogP contribution is -2.45. The van der Waals surface area contributed by atoms with Crippen LogP contribution >= 0.6 is 12.2 Å². The van der Waals surface area contributed by atoms with Gasteiger partial charge in [0.1, 0.15) is 0 Å². The highest BCUT2D eigenvalue weighted by molar-refractivity contribution is 7.80. The van der Waals surface area contributed by atoms with Gasteiger partial charge in [0, 0.05) is 19.8 Å². The van der Waals surface area contributed by atoms with Crippen molar-refractivity contribution in [2.75, 3.05) is 27.3 Å². The fourth-order valence-corrected chi connectivity index (χ4v) is 3.37. The molecule has 1 aromatic rings. The summed E-state index contributed by atoms with van der Waals surface area (Å²) in [5, 5.41) is 6.50. The Morgan fingerprint density at radius 1 is 1.20 bits per heavy atom. The van der Waals surface area contributed by atoms with E-state index < -0.39 is 18.1 Å². The number of allylic oxidation sites excluding steroid dienone is 1. The molecular formula is C21H29N3O5S. The van der Waals surface area contributed by atoms with Crippen molar-refractivity contribution < 1.29 is 23.8 Å². The van der Waals surface area contributed by atoms with Crippen LogP contribution in [0.3, 0.4) is 0 Å². The van der Waals surface area contributed by atoms with Crippen molar-refractivity contribution in [1.82, 2.24) is 15.5 Å². The summed E-state index contributed by atoms with van der Waals surface area (Å²) in [6.45, 7) is 7.75. The molecule has 2 atom stereocenters. The Morgan fingerprint density at radius 3 is 2.50 bits per heavy atom. The smallest absolute Gasteiger partial charge is 0.338 e. The number of hydrogen-bond donors (Lipinski definition) is 2. The van der Waals surface area contributed by atoms with Gasteiger partial charge in [-0.2, -0.15) is 0 Å². The summed E-state index contributed by atoms with van der Waals surface area (Å²) < 4.78 is 16.8. The number of nitrogens with one attached hydrogen (secondary N) is 2. The van der Waals surface area contributed by atoms with Crippen molar-refractivity contribution in [1.29, 1.82) is 0 Å². The van der Waals surface area contributed by atoms with Gasteiger partial charge in [-0.25, -0.2) is 4.79 Å². The molecule has 0 bridgehead atoms. The summed E-state index contributed by atoms with van der Waals surface area (Å²) in [4.78, 5) is 26.2. The van der Waals surface area contributed by atoms with Gasteiger partial charge in [-0.1, -0.05) is 6.07 Å². The van der Waals surface area contributed by atoms with Crippen LogP contribution in [0.1, 0.15) is 39.3 Å². The zero-order valence-corrected chi connectivity index (χ0v) is 19.0. The fourth-order valence-electron chi connectivity index (χ4n) is 3.10. The van der Waals surface area contributed by atoms with Crippen LogP contribution in [0.15, 0.2) is 29.5 Å². The molecule has 0 aromatic heterocycles. The normalized spacial score (nSPS) is 16.9. The summed E-state index contributed by atoms with van der Waals surface area (Å²) in [6.07, 6.45) is -0.674. The summed E-state index contributed by atoms with van der Waals surface area (Å²) >= 11 is 5.28. The van der Waals surface area contributed by atoms with Crippen LogP contribution < -0.4 is 20.1 Å². The lowest BCUT2D eigenvalue weighted by Gasteiger charge is -2.30. The second-order valence-electron chi connectivity index (χ2n) is 6.92. The molecule has 9 heteroatoms. The average molecular weight is 436 g/mol. The molecule has 1 amide bonds. The number of hydrogen-bond acceptors (Lipinski definition) is 6. The minimum absolute atomic E-state index is 0.157. The molecule has 0 spiro atoms. The number of thiocarbonyl (C=S) groups is 1. The van der Waals surface area contributed by atoms with E-state index in [4.69, 9.17) is 26.4 Å². The molecule has 0 radical (unpaired) electrons. The van der Waals surface area contributed by atoms with Crippen LogP contribution in [-0.2, 0) is 14.3 Å². The molecule has 0 saturated carbocycles. The first-order chi connectivity index (χ1) is 14.2. The lowest BCUT2D eigenvalue weighted by atomic mass is 9.95. The van der Waals surface area contributed by atoms with Crippen molar-refractivity contribution in [3.05, 3.63) is 35.0 Å². The van der Waals surface area contributed by atoms with Gasteiger partial charge in [-0.3, -0.25) is 4.79 Å². The van der Waals surface area contributed by atoms with Crippen LogP contribution in [0.4, 0.5) is 0 Å². The molecule has 2 N–H and O–H groups in total. The van der Waals surface area contributed by atoms with Crippen LogP contribution in [0.2, 0.25) is 0 Å². The van der Waals surface area contributed by atoms with Crippen LogP contribution in [0.25, 0.3) is 0 Å². The molecule has 0 aliphatic carbocycles. The molecule has 8 nitrogen and oxygen atoms in total. The van der Waals surface area contributed by atoms with Crippen molar-refractivity contribution >= 4 is 29.2 Å². The maximum atomic E-state index is 12.6. The maximum absolute atomic E-state index is 12.6. The highest BCUT2D eigenvalue weighted by atomic mass is 32.1. The van der Waals surface area contributed by atoms with E-state index in [1.165, 1.54) is 4.90 Å². The van der Waals surface area contributed by atoms with E-state index in [2.05, 4.69) is 10.6 Å². The molecule has 1 heterocycles. The second kappa shape index (κ2) is 10.3. The van der Waals surface area contributed by atoms with Gasteiger partial charge in [0.05, 0.1) is 24.8 Å².